The van der Waals surface area contributed by atoms with Crippen molar-refractivity contribution in [3.63, 3.8) is 0 Å². The Bertz CT molecular complexity index is 913. The maximum absolute atomic E-state index is 12.4. The quantitative estimate of drug-likeness (QED) is 0.530. The molecule has 0 bridgehead atoms. The monoisotopic (exact) mass is 450 g/mol. The maximum Gasteiger partial charge on any atom is 0.261 e. The molecule has 6 nitrogen and oxygen atoms in total. The van der Waals surface area contributed by atoms with Gasteiger partial charge in [0.15, 0.2) is 6.10 Å². The zero-order chi connectivity index (χ0) is 22.1. The van der Waals surface area contributed by atoms with Crippen molar-refractivity contribution in [2.75, 3.05) is 29.9 Å². The van der Waals surface area contributed by atoms with E-state index >= 15 is 0 Å². The number of nitrogens with zero attached hydrogens (tertiary/aromatic N) is 1. The summed E-state index contributed by atoms with van der Waals surface area (Å²) in [5.74, 6) is 2.11. The number of thioether (sulfide) groups is 1. The number of benzene rings is 2. The smallest absolute Gasteiger partial charge is 0.261 e. The Balaban J connectivity index is 1.78. The summed E-state index contributed by atoms with van der Waals surface area (Å²) in [5, 5.41) is 2.93. The molecular weight excluding hydrogens is 420 g/mol. The summed E-state index contributed by atoms with van der Waals surface area (Å²) in [5.41, 5.74) is 3.06. The largest absolute Gasteiger partial charge is 0.481 e. The second-order valence-corrected chi connectivity index (χ2v) is 10.2. The number of carbonyl (C=O) groups is 1. The van der Waals surface area contributed by atoms with Gasteiger partial charge in [0.25, 0.3) is 5.91 Å². The molecule has 0 aromatic heterocycles. The van der Waals surface area contributed by atoms with E-state index in [9.17, 15) is 13.2 Å². The summed E-state index contributed by atoms with van der Waals surface area (Å²) >= 11 is 1.77. The molecule has 30 heavy (non-hydrogen) atoms. The van der Waals surface area contributed by atoms with E-state index in [0.717, 1.165) is 17.8 Å². The van der Waals surface area contributed by atoms with Crippen LogP contribution in [-0.4, -0.2) is 46.0 Å². The predicted molar refractivity (Wildman–Crippen MR) is 125 cm³/mol. The SMILES string of the molecule is CC[C@H](Oc1ccc(N(C)S(C)(=O)=O)cc1)C(=O)NCCSCc1ccc(C)cc1. The minimum atomic E-state index is -3.32. The zero-order valence-corrected chi connectivity index (χ0v) is 19.6. The Labute approximate surface area is 184 Å². The van der Waals surface area contributed by atoms with Crippen molar-refractivity contribution in [3.05, 3.63) is 59.7 Å². The molecule has 0 saturated heterocycles. The third-order valence-corrected chi connectivity index (χ3v) is 6.81. The Morgan fingerprint density at radius 2 is 1.77 bits per heavy atom. The molecule has 0 spiro atoms. The lowest BCUT2D eigenvalue weighted by Crippen LogP contribution is -2.39. The number of sulfonamides is 1. The molecule has 0 unspecified atom stereocenters. The molecule has 0 aliphatic heterocycles. The second-order valence-electron chi connectivity index (χ2n) is 7.07. The van der Waals surface area contributed by atoms with Crippen LogP contribution in [0, 0.1) is 6.92 Å². The summed E-state index contributed by atoms with van der Waals surface area (Å²) in [6.07, 6.45) is 1.09. The summed E-state index contributed by atoms with van der Waals surface area (Å²) in [6.45, 7) is 4.54. The molecule has 0 aliphatic rings. The first-order chi connectivity index (χ1) is 14.2. The second kappa shape index (κ2) is 11.3. The van der Waals surface area contributed by atoms with Crippen molar-refractivity contribution in [1.82, 2.24) is 5.32 Å². The molecule has 1 atom stereocenters. The van der Waals surface area contributed by atoms with E-state index in [1.807, 2.05) is 6.92 Å². The summed E-state index contributed by atoms with van der Waals surface area (Å²) in [6, 6.07) is 15.1. The minimum Gasteiger partial charge on any atom is -0.481 e. The van der Waals surface area contributed by atoms with Crippen molar-refractivity contribution < 1.29 is 17.9 Å². The van der Waals surface area contributed by atoms with Gasteiger partial charge < -0.3 is 10.1 Å². The highest BCUT2D eigenvalue weighted by Crippen LogP contribution is 2.21. The lowest BCUT2D eigenvalue weighted by Gasteiger charge is -2.19. The van der Waals surface area contributed by atoms with E-state index in [1.165, 1.54) is 22.5 Å². The average molecular weight is 451 g/mol. The van der Waals surface area contributed by atoms with Crippen LogP contribution in [0.25, 0.3) is 0 Å². The lowest BCUT2D eigenvalue weighted by molar-refractivity contribution is -0.127. The molecule has 0 fully saturated rings. The molecule has 0 aliphatic carbocycles. The van der Waals surface area contributed by atoms with Gasteiger partial charge in [-0.2, -0.15) is 11.8 Å². The molecule has 0 heterocycles. The number of amides is 1. The van der Waals surface area contributed by atoms with Gasteiger partial charge in [0.05, 0.1) is 11.9 Å². The van der Waals surface area contributed by atoms with Crippen LogP contribution in [0.1, 0.15) is 24.5 Å². The molecule has 0 saturated carbocycles. The van der Waals surface area contributed by atoms with E-state index < -0.39 is 16.1 Å². The van der Waals surface area contributed by atoms with E-state index in [4.69, 9.17) is 4.74 Å². The summed E-state index contributed by atoms with van der Waals surface area (Å²) < 4.78 is 30.2. The van der Waals surface area contributed by atoms with E-state index in [-0.39, 0.29) is 5.91 Å². The van der Waals surface area contributed by atoms with Crippen LogP contribution < -0.4 is 14.4 Å². The van der Waals surface area contributed by atoms with Gasteiger partial charge in [-0.05, 0) is 43.2 Å². The molecule has 2 rings (SSSR count). The summed E-state index contributed by atoms with van der Waals surface area (Å²) in [7, 11) is -1.83. The Kier molecular flexibility index (Phi) is 9.05. The highest BCUT2D eigenvalue weighted by molar-refractivity contribution is 7.98. The first-order valence-corrected chi connectivity index (χ1v) is 12.8. The number of hydrogen-bond donors (Lipinski definition) is 1. The Morgan fingerprint density at radius 1 is 1.13 bits per heavy atom. The zero-order valence-electron chi connectivity index (χ0n) is 17.9. The number of carbonyl (C=O) groups excluding carboxylic acids is 1. The van der Waals surface area contributed by atoms with Crippen molar-refractivity contribution in [3.8, 4) is 5.75 Å². The van der Waals surface area contributed by atoms with Crippen LogP contribution >= 0.6 is 11.8 Å². The average Bonchev–Trinajstić information content (AvgIpc) is 2.72. The fraction of sp³-hybridized carbons (Fsp3) is 0.409. The van der Waals surface area contributed by atoms with Crippen molar-refractivity contribution >= 4 is 33.4 Å². The van der Waals surface area contributed by atoms with Gasteiger partial charge in [-0.15, -0.1) is 0 Å². The van der Waals surface area contributed by atoms with Crippen LogP contribution in [0.5, 0.6) is 5.75 Å². The van der Waals surface area contributed by atoms with Crippen LogP contribution in [0.4, 0.5) is 5.69 Å². The van der Waals surface area contributed by atoms with Crippen molar-refractivity contribution in [1.29, 1.82) is 0 Å². The number of nitrogens with one attached hydrogen (secondary N) is 1. The third-order valence-electron chi connectivity index (χ3n) is 4.57. The first-order valence-electron chi connectivity index (χ1n) is 9.82. The number of aryl methyl sites for hydroxylation is 1. The van der Waals surface area contributed by atoms with Gasteiger partial charge in [-0.1, -0.05) is 36.8 Å². The standard InChI is InChI=1S/C22H30N2O4S2/c1-5-21(28-20-12-10-19(11-13-20)24(3)30(4,26)27)22(25)23-14-15-29-16-18-8-6-17(2)7-9-18/h6-13,21H,5,14-16H2,1-4H3,(H,23,25)/t21-/m0/s1. The van der Waals surface area contributed by atoms with Gasteiger partial charge in [-0.3, -0.25) is 9.10 Å². The molecule has 1 N–H and O–H groups in total. The first kappa shape index (κ1) is 24.1. The number of hydrogen-bond acceptors (Lipinski definition) is 5. The highest BCUT2D eigenvalue weighted by atomic mass is 32.2. The number of rotatable bonds is 11. The number of ether oxygens (including phenoxy) is 1. The maximum atomic E-state index is 12.4. The fourth-order valence-electron chi connectivity index (χ4n) is 2.65. The highest BCUT2D eigenvalue weighted by Gasteiger charge is 2.18. The molecule has 2 aromatic rings. The van der Waals surface area contributed by atoms with E-state index in [2.05, 4.69) is 36.5 Å². The molecular formula is C22H30N2O4S2. The van der Waals surface area contributed by atoms with Crippen LogP contribution in [0.3, 0.4) is 0 Å². The Hall–Kier alpha value is -2.19. The van der Waals surface area contributed by atoms with Crippen molar-refractivity contribution in [2.24, 2.45) is 0 Å². The van der Waals surface area contributed by atoms with Crippen LogP contribution in [0.2, 0.25) is 0 Å². The van der Waals surface area contributed by atoms with Gasteiger partial charge in [0.1, 0.15) is 5.75 Å². The molecule has 8 heteroatoms. The number of anilines is 1. The van der Waals surface area contributed by atoms with Crippen molar-refractivity contribution in [2.45, 2.75) is 32.1 Å². The van der Waals surface area contributed by atoms with E-state index in [0.29, 0.717) is 24.4 Å². The molecule has 2 aromatic carbocycles. The normalized spacial score (nSPS) is 12.3. The van der Waals surface area contributed by atoms with Crippen LogP contribution in [0.15, 0.2) is 48.5 Å². The van der Waals surface area contributed by atoms with Gasteiger partial charge in [0.2, 0.25) is 10.0 Å². The lowest BCUT2D eigenvalue weighted by atomic mass is 10.2. The summed E-state index contributed by atoms with van der Waals surface area (Å²) in [4.78, 5) is 12.4. The van der Waals surface area contributed by atoms with Gasteiger partial charge in [-0.25, -0.2) is 8.42 Å². The molecule has 1 amide bonds. The fourth-order valence-corrected chi connectivity index (χ4v) is 3.97. The predicted octanol–water partition coefficient (Wildman–Crippen LogP) is 3.60. The van der Waals surface area contributed by atoms with Crippen LogP contribution in [-0.2, 0) is 20.6 Å². The van der Waals surface area contributed by atoms with Gasteiger partial charge in [0, 0.05) is 25.1 Å². The minimum absolute atomic E-state index is 0.147. The molecule has 164 valence electrons. The molecule has 0 radical (unpaired) electrons. The topological polar surface area (TPSA) is 75.7 Å². The van der Waals surface area contributed by atoms with Gasteiger partial charge >= 0.3 is 0 Å². The third kappa shape index (κ3) is 7.57. The Morgan fingerprint density at radius 3 is 2.33 bits per heavy atom. The van der Waals surface area contributed by atoms with E-state index in [1.54, 1.807) is 36.0 Å².